The van der Waals surface area contributed by atoms with Crippen LogP contribution in [-0.4, -0.2) is 22.5 Å². The Hall–Kier alpha value is -2.67. The van der Waals surface area contributed by atoms with Crippen molar-refractivity contribution in [3.05, 3.63) is 52.3 Å². The fourth-order valence-electron chi connectivity index (χ4n) is 2.12. The van der Waals surface area contributed by atoms with Gasteiger partial charge in [0.25, 0.3) is 5.69 Å². The van der Waals surface area contributed by atoms with E-state index in [9.17, 15) is 14.9 Å². The molecule has 0 saturated carbocycles. The molecule has 0 aliphatic carbocycles. The third kappa shape index (κ3) is 4.42. The van der Waals surface area contributed by atoms with Crippen molar-refractivity contribution in [3.8, 4) is 11.3 Å². The minimum Gasteiger partial charge on any atom is -0.481 e. The molecule has 0 saturated heterocycles. The number of nitrogens with one attached hydrogen (secondary N) is 1. The molecule has 2 N–H and O–H groups in total. The Morgan fingerprint density at radius 1 is 1.33 bits per heavy atom. The van der Waals surface area contributed by atoms with E-state index >= 15 is 0 Å². The Morgan fingerprint density at radius 3 is 2.75 bits per heavy atom. The van der Waals surface area contributed by atoms with Gasteiger partial charge in [-0.2, -0.15) is 0 Å². The zero-order chi connectivity index (χ0) is 17.7. The largest absolute Gasteiger partial charge is 0.481 e. The van der Waals surface area contributed by atoms with Crippen LogP contribution in [0.25, 0.3) is 11.3 Å². The second-order valence-electron chi connectivity index (χ2n) is 6.19. The van der Waals surface area contributed by atoms with E-state index in [0.29, 0.717) is 36.6 Å². The molecular formula is C17H20N2O5. The van der Waals surface area contributed by atoms with Gasteiger partial charge >= 0.3 is 5.97 Å². The number of rotatable bonds is 8. The number of aliphatic carboxylic acids is 1. The summed E-state index contributed by atoms with van der Waals surface area (Å²) in [6, 6.07) is 9.81. The molecule has 0 fully saturated rings. The molecule has 1 aromatic carbocycles. The maximum atomic E-state index is 11.0. The number of nitrogens with zero attached hydrogens (tertiary/aromatic N) is 1. The summed E-state index contributed by atoms with van der Waals surface area (Å²) >= 11 is 0. The first-order valence-corrected chi connectivity index (χ1v) is 7.57. The average molecular weight is 332 g/mol. The maximum Gasteiger partial charge on any atom is 0.309 e. The highest BCUT2D eigenvalue weighted by molar-refractivity contribution is 5.73. The van der Waals surface area contributed by atoms with Crippen LogP contribution in [0.5, 0.6) is 0 Å². The normalized spacial score (nSPS) is 11.4. The van der Waals surface area contributed by atoms with Crippen molar-refractivity contribution < 1.29 is 19.2 Å². The van der Waals surface area contributed by atoms with Gasteiger partial charge < -0.3 is 14.8 Å². The number of non-ortho nitro benzene ring substituents is 1. The standard InChI is InChI=1S/C17H20N2O5/c1-17(2,16(20)21)8-9-18-11-14-6-7-15(24-14)12-4-3-5-13(10-12)19(22)23/h3-7,10,18H,8-9,11H2,1-2H3,(H,20,21). The summed E-state index contributed by atoms with van der Waals surface area (Å²) in [5.74, 6) is 0.418. The lowest BCUT2D eigenvalue weighted by atomic mass is 9.90. The van der Waals surface area contributed by atoms with Crippen LogP contribution in [-0.2, 0) is 11.3 Å². The summed E-state index contributed by atoms with van der Waals surface area (Å²) in [6.45, 7) is 4.38. The molecule has 2 aromatic rings. The van der Waals surface area contributed by atoms with Gasteiger partial charge in [-0.15, -0.1) is 0 Å². The molecule has 1 aromatic heterocycles. The Bertz CT molecular complexity index is 736. The Balaban J connectivity index is 1.93. The molecule has 0 radical (unpaired) electrons. The van der Waals surface area contributed by atoms with E-state index in [1.165, 1.54) is 12.1 Å². The van der Waals surface area contributed by atoms with Crippen LogP contribution in [0.3, 0.4) is 0 Å². The summed E-state index contributed by atoms with van der Waals surface area (Å²) in [6.07, 6.45) is 0.501. The molecule has 0 amide bonds. The summed E-state index contributed by atoms with van der Waals surface area (Å²) in [5, 5.41) is 23.0. The first kappa shape index (κ1) is 17.7. The predicted octanol–water partition coefficient (Wildman–Crippen LogP) is 3.45. The van der Waals surface area contributed by atoms with Crippen molar-refractivity contribution in [1.29, 1.82) is 0 Å². The van der Waals surface area contributed by atoms with Crippen LogP contribution in [0.1, 0.15) is 26.0 Å². The molecule has 7 heteroatoms. The number of carboxylic acid groups (broad SMARTS) is 1. The van der Waals surface area contributed by atoms with Crippen molar-refractivity contribution in [3.63, 3.8) is 0 Å². The number of nitro groups is 1. The smallest absolute Gasteiger partial charge is 0.309 e. The minimum atomic E-state index is -0.824. The number of carbonyl (C=O) groups is 1. The van der Waals surface area contributed by atoms with Gasteiger partial charge in [0.2, 0.25) is 0 Å². The highest BCUT2D eigenvalue weighted by Gasteiger charge is 2.26. The van der Waals surface area contributed by atoms with Gasteiger partial charge in [0.15, 0.2) is 0 Å². The monoisotopic (exact) mass is 332 g/mol. The van der Waals surface area contributed by atoms with Crippen LogP contribution in [0.15, 0.2) is 40.8 Å². The van der Waals surface area contributed by atoms with E-state index < -0.39 is 16.3 Å². The Kier molecular flexibility index (Phi) is 5.35. The van der Waals surface area contributed by atoms with Gasteiger partial charge in [-0.25, -0.2) is 0 Å². The number of hydrogen-bond donors (Lipinski definition) is 2. The van der Waals surface area contributed by atoms with E-state index in [1.54, 1.807) is 38.1 Å². The molecule has 0 unspecified atom stereocenters. The molecule has 128 valence electrons. The molecule has 2 rings (SSSR count). The number of hydrogen-bond acceptors (Lipinski definition) is 5. The van der Waals surface area contributed by atoms with Crippen LogP contribution in [0.4, 0.5) is 5.69 Å². The molecule has 0 bridgehead atoms. The van der Waals surface area contributed by atoms with Crippen molar-refractivity contribution in [2.45, 2.75) is 26.8 Å². The molecule has 0 atom stereocenters. The van der Waals surface area contributed by atoms with E-state index in [0.717, 1.165) is 0 Å². The highest BCUT2D eigenvalue weighted by Crippen LogP contribution is 2.26. The van der Waals surface area contributed by atoms with Gasteiger partial charge in [-0.05, 0) is 38.9 Å². The van der Waals surface area contributed by atoms with Gasteiger partial charge in [0.1, 0.15) is 11.5 Å². The van der Waals surface area contributed by atoms with Crippen LogP contribution < -0.4 is 5.32 Å². The summed E-state index contributed by atoms with van der Waals surface area (Å²) < 4.78 is 5.68. The third-order valence-corrected chi connectivity index (χ3v) is 3.81. The first-order chi connectivity index (χ1) is 11.3. The van der Waals surface area contributed by atoms with E-state index in [-0.39, 0.29) is 5.69 Å². The Labute approximate surface area is 139 Å². The fraction of sp³-hybridized carbons (Fsp3) is 0.353. The van der Waals surface area contributed by atoms with Crippen molar-refractivity contribution in [2.75, 3.05) is 6.54 Å². The topological polar surface area (TPSA) is 106 Å². The van der Waals surface area contributed by atoms with Crippen LogP contribution in [0, 0.1) is 15.5 Å². The lowest BCUT2D eigenvalue weighted by molar-refractivity contribution is -0.384. The van der Waals surface area contributed by atoms with E-state index in [4.69, 9.17) is 9.52 Å². The molecule has 0 aliphatic heterocycles. The first-order valence-electron chi connectivity index (χ1n) is 7.57. The average Bonchev–Trinajstić information content (AvgIpc) is 3.00. The summed E-state index contributed by atoms with van der Waals surface area (Å²) in [7, 11) is 0. The van der Waals surface area contributed by atoms with E-state index in [1.807, 2.05) is 0 Å². The van der Waals surface area contributed by atoms with Gasteiger partial charge in [-0.3, -0.25) is 14.9 Å². The molecule has 0 aliphatic rings. The minimum absolute atomic E-state index is 0.0134. The zero-order valence-electron chi connectivity index (χ0n) is 13.6. The number of nitro benzene ring substituents is 1. The SMILES string of the molecule is CC(C)(CCNCc1ccc(-c2cccc([N+](=O)[O-])c2)o1)C(=O)O. The summed E-state index contributed by atoms with van der Waals surface area (Å²) in [4.78, 5) is 21.4. The zero-order valence-corrected chi connectivity index (χ0v) is 13.6. The van der Waals surface area contributed by atoms with Crippen molar-refractivity contribution in [1.82, 2.24) is 5.32 Å². The number of carboxylic acids is 1. The lowest BCUT2D eigenvalue weighted by Crippen LogP contribution is -2.28. The number of benzene rings is 1. The second kappa shape index (κ2) is 7.27. The lowest BCUT2D eigenvalue weighted by Gasteiger charge is -2.18. The molecule has 24 heavy (non-hydrogen) atoms. The van der Waals surface area contributed by atoms with Gasteiger partial charge in [-0.1, -0.05) is 12.1 Å². The second-order valence-corrected chi connectivity index (χ2v) is 6.19. The van der Waals surface area contributed by atoms with Crippen molar-refractivity contribution >= 4 is 11.7 Å². The molecule has 0 spiro atoms. The molecule has 1 heterocycles. The van der Waals surface area contributed by atoms with Crippen LogP contribution in [0.2, 0.25) is 0 Å². The fourth-order valence-corrected chi connectivity index (χ4v) is 2.12. The van der Waals surface area contributed by atoms with Crippen molar-refractivity contribution in [2.24, 2.45) is 5.41 Å². The molecule has 7 nitrogen and oxygen atoms in total. The van der Waals surface area contributed by atoms with Gasteiger partial charge in [0, 0.05) is 17.7 Å². The summed E-state index contributed by atoms with van der Waals surface area (Å²) in [5.41, 5.74) is -0.119. The predicted molar refractivity (Wildman–Crippen MR) is 88.5 cm³/mol. The number of furan rings is 1. The maximum absolute atomic E-state index is 11.0. The Morgan fingerprint density at radius 2 is 2.08 bits per heavy atom. The van der Waals surface area contributed by atoms with Gasteiger partial charge in [0.05, 0.1) is 16.9 Å². The third-order valence-electron chi connectivity index (χ3n) is 3.81. The van der Waals surface area contributed by atoms with E-state index in [2.05, 4.69) is 5.32 Å². The van der Waals surface area contributed by atoms with Crippen LogP contribution >= 0.6 is 0 Å². The molecular weight excluding hydrogens is 312 g/mol. The highest BCUT2D eigenvalue weighted by atomic mass is 16.6. The quantitative estimate of drug-likeness (QED) is 0.436.